The molecule has 23 heavy (non-hydrogen) atoms. The van der Waals surface area contributed by atoms with Crippen LogP contribution in [0, 0.1) is 13.8 Å². The molecule has 1 aromatic heterocycles. The summed E-state index contributed by atoms with van der Waals surface area (Å²) in [4.78, 5) is 4.33. The maximum absolute atomic E-state index is 5.56. The molecule has 0 amide bonds. The number of guanidine groups is 1. The molecule has 0 aliphatic heterocycles. The third-order valence-corrected chi connectivity index (χ3v) is 4.65. The highest BCUT2D eigenvalue weighted by Crippen LogP contribution is 2.47. The Labute approximate surface area is 138 Å². The van der Waals surface area contributed by atoms with E-state index in [0.29, 0.717) is 0 Å². The van der Waals surface area contributed by atoms with Crippen LogP contribution in [0.3, 0.4) is 0 Å². The van der Waals surface area contributed by atoms with Gasteiger partial charge in [-0.3, -0.25) is 4.99 Å². The number of hydrogen-bond donors (Lipinski definition) is 2. The summed E-state index contributed by atoms with van der Waals surface area (Å²) in [5.74, 6) is 2.75. The summed E-state index contributed by atoms with van der Waals surface area (Å²) < 4.78 is 5.56. The zero-order chi connectivity index (χ0) is 16.3. The third-order valence-electron chi connectivity index (χ3n) is 4.65. The number of aryl methyl sites for hydroxylation is 2. The summed E-state index contributed by atoms with van der Waals surface area (Å²) in [6.07, 6.45) is 2.47. The molecule has 0 radical (unpaired) electrons. The number of furan rings is 1. The Bertz CT molecular complexity index is 684. The van der Waals surface area contributed by atoms with Crippen LogP contribution in [-0.2, 0) is 12.0 Å². The Hall–Kier alpha value is -2.23. The summed E-state index contributed by atoms with van der Waals surface area (Å²) in [7, 11) is 1.81. The first kappa shape index (κ1) is 15.7. The summed E-state index contributed by atoms with van der Waals surface area (Å²) in [5.41, 5.74) is 2.87. The summed E-state index contributed by atoms with van der Waals surface area (Å²) in [6.45, 7) is 5.61. The van der Waals surface area contributed by atoms with Gasteiger partial charge in [0.15, 0.2) is 5.96 Å². The van der Waals surface area contributed by atoms with Crippen LogP contribution in [0.4, 0.5) is 0 Å². The third kappa shape index (κ3) is 3.58. The Morgan fingerprint density at radius 1 is 1.17 bits per heavy atom. The first-order chi connectivity index (χ1) is 11.1. The lowest BCUT2D eigenvalue weighted by Gasteiger charge is -2.19. The predicted molar refractivity (Wildman–Crippen MR) is 93.7 cm³/mol. The number of aliphatic imine (C=N–C) groups is 1. The molecule has 4 heteroatoms. The van der Waals surface area contributed by atoms with Crippen LogP contribution in [0.25, 0.3) is 0 Å². The molecule has 4 nitrogen and oxygen atoms in total. The van der Waals surface area contributed by atoms with E-state index in [4.69, 9.17) is 4.42 Å². The van der Waals surface area contributed by atoms with Crippen LogP contribution in [0.15, 0.2) is 45.8 Å². The molecule has 0 spiro atoms. The van der Waals surface area contributed by atoms with Crippen molar-refractivity contribution < 1.29 is 4.42 Å². The molecule has 1 saturated carbocycles. The lowest BCUT2D eigenvalue weighted by Crippen LogP contribution is -2.40. The molecule has 2 N–H and O–H groups in total. The van der Waals surface area contributed by atoms with Gasteiger partial charge < -0.3 is 15.1 Å². The fraction of sp³-hybridized carbons (Fsp3) is 0.421. The quantitative estimate of drug-likeness (QED) is 0.658. The van der Waals surface area contributed by atoms with E-state index >= 15 is 0 Å². The number of nitrogens with one attached hydrogen (secondary N) is 2. The van der Waals surface area contributed by atoms with Crippen LogP contribution in [-0.4, -0.2) is 19.6 Å². The van der Waals surface area contributed by atoms with Crippen LogP contribution in [0.5, 0.6) is 0 Å². The van der Waals surface area contributed by atoms with Crippen molar-refractivity contribution in [3.05, 3.63) is 59.0 Å². The number of hydrogen-bond acceptors (Lipinski definition) is 2. The Balaban J connectivity index is 1.55. The highest BCUT2D eigenvalue weighted by molar-refractivity contribution is 5.79. The molecule has 122 valence electrons. The first-order valence-electron chi connectivity index (χ1n) is 8.19. The first-order valence-corrected chi connectivity index (χ1v) is 8.19. The molecule has 3 rings (SSSR count). The maximum atomic E-state index is 5.56. The van der Waals surface area contributed by atoms with Gasteiger partial charge in [0.1, 0.15) is 11.5 Å². The minimum atomic E-state index is 0.279. The average Bonchev–Trinajstić information content (AvgIpc) is 3.28. The van der Waals surface area contributed by atoms with Gasteiger partial charge in [-0.2, -0.15) is 0 Å². The molecule has 0 saturated heterocycles. The van der Waals surface area contributed by atoms with Crippen molar-refractivity contribution in [1.29, 1.82) is 0 Å². The predicted octanol–water partition coefficient (Wildman–Crippen LogP) is 3.29. The monoisotopic (exact) mass is 311 g/mol. The number of rotatable bonds is 5. The van der Waals surface area contributed by atoms with Crippen molar-refractivity contribution in [2.75, 3.05) is 13.6 Å². The van der Waals surface area contributed by atoms with Crippen LogP contribution in [0.2, 0.25) is 0 Å². The van der Waals surface area contributed by atoms with Crippen molar-refractivity contribution in [3.63, 3.8) is 0 Å². The molecular formula is C19H25N3O. The molecule has 0 unspecified atom stereocenters. The Morgan fingerprint density at radius 3 is 2.48 bits per heavy atom. The molecular weight excluding hydrogens is 286 g/mol. The number of nitrogens with zero attached hydrogens (tertiary/aromatic N) is 1. The largest absolute Gasteiger partial charge is 0.466 e. The van der Waals surface area contributed by atoms with Gasteiger partial charge in [-0.15, -0.1) is 0 Å². The molecule has 1 aliphatic rings. The standard InChI is InChI=1S/C19H25N3O/c1-14-11-16(15(2)23-14)12-21-18(20-3)22-13-19(9-10-19)17-7-5-4-6-8-17/h4-8,11H,9-10,12-13H2,1-3H3,(H2,20,21,22). The van der Waals surface area contributed by atoms with Gasteiger partial charge in [-0.25, -0.2) is 0 Å². The SMILES string of the molecule is CN=C(NCc1cc(C)oc1C)NCC1(c2ccccc2)CC1. The van der Waals surface area contributed by atoms with Gasteiger partial charge in [-0.05, 0) is 38.3 Å². The molecule has 0 bridgehead atoms. The average molecular weight is 311 g/mol. The van der Waals surface area contributed by atoms with Crippen LogP contribution >= 0.6 is 0 Å². The number of benzene rings is 1. The van der Waals surface area contributed by atoms with Gasteiger partial charge in [0.2, 0.25) is 0 Å². The van der Waals surface area contributed by atoms with Gasteiger partial charge >= 0.3 is 0 Å². The molecule has 1 fully saturated rings. The highest BCUT2D eigenvalue weighted by Gasteiger charge is 2.43. The summed E-state index contributed by atoms with van der Waals surface area (Å²) >= 11 is 0. The van der Waals surface area contributed by atoms with Crippen molar-refractivity contribution in [2.45, 2.75) is 38.6 Å². The lowest BCUT2D eigenvalue weighted by atomic mass is 9.96. The van der Waals surface area contributed by atoms with E-state index in [1.54, 1.807) is 0 Å². The maximum Gasteiger partial charge on any atom is 0.191 e. The van der Waals surface area contributed by atoms with Gasteiger partial charge in [-0.1, -0.05) is 30.3 Å². The van der Waals surface area contributed by atoms with E-state index < -0.39 is 0 Å². The van der Waals surface area contributed by atoms with Crippen molar-refractivity contribution in [2.24, 2.45) is 4.99 Å². The minimum Gasteiger partial charge on any atom is -0.466 e. The molecule has 0 atom stereocenters. The second kappa shape index (κ2) is 6.49. The zero-order valence-electron chi connectivity index (χ0n) is 14.1. The summed E-state index contributed by atoms with van der Waals surface area (Å²) in [5, 5.41) is 6.85. The topological polar surface area (TPSA) is 49.6 Å². The second-order valence-corrected chi connectivity index (χ2v) is 6.36. The lowest BCUT2D eigenvalue weighted by molar-refractivity contribution is 0.500. The molecule has 1 aromatic carbocycles. The van der Waals surface area contributed by atoms with E-state index in [-0.39, 0.29) is 5.41 Å². The van der Waals surface area contributed by atoms with Crippen LogP contribution in [0.1, 0.15) is 35.5 Å². The minimum absolute atomic E-state index is 0.279. The van der Waals surface area contributed by atoms with E-state index in [0.717, 1.165) is 30.6 Å². The zero-order valence-corrected chi connectivity index (χ0v) is 14.1. The summed E-state index contributed by atoms with van der Waals surface area (Å²) in [6, 6.07) is 12.8. The Morgan fingerprint density at radius 2 is 1.91 bits per heavy atom. The van der Waals surface area contributed by atoms with Crippen molar-refractivity contribution >= 4 is 5.96 Å². The Kier molecular flexibility index (Phi) is 4.42. The normalized spacial score (nSPS) is 16.2. The van der Waals surface area contributed by atoms with E-state index in [2.05, 4.69) is 52.0 Å². The van der Waals surface area contributed by atoms with Crippen molar-refractivity contribution in [1.82, 2.24) is 10.6 Å². The van der Waals surface area contributed by atoms with E-state index in [1.807, 2.05) is 20.9 Å². The van der Waals surface area contributed by atoms with Gasteiger partial charge in [0.25, 0.3) is 0 Å². The molecule has 2 aromatic rings. The van der Waals surface area contributed by atoms with E-state index in [9.17, 15) is 0 Å². The van der Waals surface area contributed by atoms with Crippen LogP contribution < -0.4 is 10.6 Å². The fourth-order valence-electron chi connectivity index (χ4n) is 3.02. The van der Waals surface area contributed by atoms with Gasteiger partial charge in [0.05, 0.1) is 0 Å². The molecule has 1 aliphatic carbocycles. The second-order valence-electron chi connectivity index (χ2n) is 6.36. The van der Waals surface area contributed by atoms with Gasteiger partial charge in [0, 0.05) is 31.1 Å². The smallest absolute Gasteiger partial charge is 0.191 e. The van der Waals surface area contributed by atoms with Crippen molar-refractivity contribution in [3.8, 4) is 0 Å². The molecule has 1 heterocycles. The van der Waals surface area contributed by atoms with E-state index in [1.165, 1.54) is 24.0 Å². The highest BCUT2D eigenvalue weighted by atomic mass is 16.3. The fourth-order valence-corrected chi connectivity index (χ4v) is 3.02.